The molecule has 2 fully saturated rings. The molecule has 7 nitrogen and oxygen atoms in total. The Hall–Kier alpha value is -1.78. The molecule has 2 saturated heterocycles. The number of guanidine groups is 1. The van der Waals surface area contributed by atoms with Gasteiger partial charge in [-0.05, 0) is 42.7 Å². The summed E-state index contributed by atoms with van der Waals surface area (Å²) in [5, 5.41) is 4.35. The fraction of sp³-hybridized carbons (Fsp3) is 0.478. The van der Waals surface area contributed by atoms with Crippen molar-refractivity contribution in [1.82, 2.24) is 15.1 Å². The topological polar surface area (TPSA) is 70.3 Å². The molecule has 4 rings (SSSR count). The molecule has 1 N–H and O–H groups in total. The SMILES string of the molecule is CN=C(NCC1(c2cccc(Cl)c2)CCOCC1)N1CCN(C(=O)c2ccco2)CC1.I. The molecule has 3 heterocycles. The van der Waals surface area contributed by atoms with Crippen LogP contribution in [0.25, 0.3) is 0 Å². The lowest BCUT2D eigenvalue weighted by Gasteiger charge is -2.40. The van der Waals surface area contributed by atoms with Crippen molar-refractivity contribution in [2.75, 3.05) is 53.0 Å². The molecule has 2 aromatic rings. The first-order valence-corrected chi connectivity index (χ1v) is 11.1. The Morgan fingerprint density at radius 2 is 1.84 bits per heavy atom. The summed E-state index contributed by atoms with van der Waals surface area (Å²) >= 11 is 6.29. The average Bonchev–Trinajstić information content (AvgIpc) is 3.35. The normalized spacial score (nSPS) is 18.8. The van der Waals surface area contributed by atoms with E-state index in [0.717, 1.165) is 56.7 Å². The van der Waals surface area contributed by atoms with Crippen molar-refractivity contribution in [2.45, 2.75) is 18.3 Å². The second-order valence-corrected chi connectivity index (χ2v) is 8.50. The van der Waals surface area contributed by atoms with Crippen molar-refractivity contribution in [1.29, 1.82) is 0 Å². The lowest BCUT2D eigenvalue weighted by molar-refractivity contribution is 0.0509. The molecule has 174 valence electrons. The minimum atomic E-state index is -0.0605. The van der Waals surface area contributed by atoms with Gasteiger partial charge in [0.25, 0.3) is 5.91 Å². The molecule has 2 aliphatic rings. The molecule has 0 aliphatic carbocycles. The van der Waals surface area contributed by atoms with E-state index in [1.54, 1.807) is 19.2 Å². The van der Waals surface area contributed by atoms with Crippen LogP contribution in [-0.4, -0.2) is 74.7 Å². The first kappa shape index (κ1) is 24.9. The number of furan rings is 1. The number of piperazine rings is 1. The molecule has 0 radical (unpaired) electrons. The molecule has 2 aliphatic heterocycles. The van der Waals surface area contributed by atoms with Crippen molar-refractivity contribution >= 4 is 47.4 Å². The molecule has 1 aromatic heterocycles. The summed E-state index contributed by atoms with van der Waals surface area (Å²) in [7, 11) is 1.80. The van der Waals surface area contributed by atoms with E-state index in [1.165, 1.54) is 11.8 Å². The number of carbonyl (C=O) groups is 1. The standard InChI is InChI=1S/C23H29ClN4O3.HI/c1-25-22(28-11-9-27(10-12-28)21(29)20-6-3-13-31-20)26-17-23(7-14-30-15-8-23)18-4-2-5-19(24)16-18;/h2-6,13,16H,7-12,14-15,17H2,1H3,(H,25,26);1H. The number of aliphatic imine (C=N–C) groups is 1. The summed E-state index contributed by atoms with van der Waals surface area (Å²) in [6.45, 7) is 4.94. The van der Waals surface area contributed by atoms with Gasteiger partial charge >= 0.3 is 0 Å². The zero-order valence-corrected chi connectivity index (χ0v) is 21.3. The van der Waals surface area contributed by atoms with Gasteiger partial charge in [-0.25, -0.2) is 0 Å². The monoisotopic (exact) mass is 572 g/mol. The first-order valence-electron chi connectivity index (χ1n) is 10.7. The first-order chi connectivity index (χ1) is 15.1. The van der Waals surface area contributed by atoms with Crippen molar-refractivity contribution in [3.8, 4) is 0 Å². The molecule has 0 saturated carbocycles. The van der Waals surface area contributed by atoms with Crippen LogP contribution in [0.4, 0.5) is 0 Å². The van der Waals surface area contributed by atoms with E-state index in [0.29, 0.717) is 18.8 Å². The van der Waals surface area contributed by atoms with E-state index >= 15 is 0 Å². The molecule has 1 amide bonds. The zero-order valence-electron chi connectivity index (χ0n) is 18.3. The average molecular weight is 573 g/mol. The Morgan fingerprint density at radius 3 is 2.47 bits per heavy atom. The lowest BCUT2D eigenvalue weighted by atomic mass is 9.74. The Morgan fingerprint density at radius 1 is 1.12 bits per heavy atom. The molecule has 0 unspecified atom stereocenters. The third-order valence-corrected chi connectivity index (χ3v) is 6.52. The minimum absolute atomic E-state index is 0. The number of hydrogen-bond donors (Lipinski definition) is 1. The van der Waals surface area contributed by atoms with Crippen LogP contribution in [0.3, 0.4) is 0 Å². The number of nitrogens with zero attached hydrogens (tertiary/aromatic N) is 3. The maximum absolute atomic E-state index is 12.5. The van der Waals surface area contributed by atoms with Gasteiger partial charge in [0.2, 0.25) is 0 Å². The van der Waals surface area contributed by atoms with Crippen LogP contribution < -0.4 is 5.32 Å². The molecule has 9 heteroatoms. The highest BCUT2D eigenvalue weighted by Crippen LogP contribution is 2.35. The van der Waals surface area contributed by atoms with Crippen LogP contribution in [0.2, 0.25) is 5.02 Å². The summed E-state index contributed by atoms with van der Waals surface area (Å²) in [5.41, 5.74) is 1.19. The maximum atomic E-state index is 12.5. The summed E-state index contributed by atoms with van der Waals surface area (Å²) in [5.74, 6) is 1.19. The van der Waals surface area contributed by atoms with Gasteiger partial charge in [0, 0.05) is 63.4 Å². The van der Waals surface area contributed by atoms with Gasteiger partial charge in [-0.1, -0.05) is 23.7 Å². The lowest BCUT2D eigenvalue weighted by Crippen LogP contribution is -2.55. The third kappa shape index (κ3) is 5.58. The third-order valence-electron chi connectivity index (χ3n) is 6.28. The van der Waals surface area contributed by atoms with E-state index in [2.05, 4.69) is 27.3 Å². The number of hydrogen-bond acceptors (Lipinski definition) is 4. The van der Waals surface area contributed by atoms with E-state index in [4.69, 9.17) is 20.8 Å². The van der Waals surface area contributed by atoms with Gasteiger partial charge < -0.3 is 24.3 Å². The molecule has 0 bridgehead atoms. The van der Waals surface area contributed by atoms with Crippen molar-refractivity contribution in [3.05, 3.63) is 59.0 Å². The highest BCUT2D eigenvalue weighted by molar-refractivity contribution is 14.0. The number of amides is 1. The zero-order chi connectivity index (χ0) is 21.7. The molecule has 0 spiro atoms. The number of halogens is 2. The molecule has 1 aromatic carbocycles. The Kier molecular flexibility index (Phi) is 8.84. The highest BCUT2D eigenvalue weighted by Gasteiger charge is 2.35. The van der Waals surface area contributed by atoms with E-state index in [-0.39, 0.29) is 35.3 Å². The molecular weight excluding hydrogens is 543 g/mol. The number of ether oxygens (including phenoxy) is 1. The van der Waals surface area contributed by atoms with Crippen LogP contribution in [0.15, 0.2) is 52.1 Å². The minimum Gasteiger partial charge on any atom is -0.459 e. The maximum Gasteiger partial charge on any atom is 0.289 e. The number of carbonyl (C=O) groups excluding carboxylic acids is 1. The Balaban J connectivity index is 0.00000289. The largest absolute Gasteiger partial charge is 0.459 e. The predicted molar refractivity (Wildman–Crippen MR) is 136 cm³/mol. The van der Waals surface area contributed by atoms with Gasteiger partial charge in [0.05, 0.1) is 6.26 Å². The summed E-state index contributed by atoms with van der Waals surface area (Å²) in [4.78, 5) is 21.1. The second kappa shape index (κ2) is 11.4. The van der Waals surface area contributed by atoms with E-state index < -0.39 is 0 Å². The van der Waals surface area contributed by atoms with Gasteiger partial charge in [0.1, 0.15) is 0 Å². The van der Waals surface area contributed by atoms with Gasteiger partial charge in [-0.3, -0.25) is 9.79 Å². The van der Waals surface area contributed by atoms with Crippen molar-refractivity contribution in [3.63, 3.8) is 0 Å². The molecular formula is C23H30ClIN4O3. The highest BCUT2D eigenvalue weighted by atomic mass is 127. The predicted octanol–water partition coefficient (Wildman–Crippen LogP) is 3.63. The Bertz CT molecular complexity index is 908. The van der Waals surface area contributed by atoms with Crippen molar-refractivity contribution < 1.29 is 13.9 Å². The number of benzene rings is 1. The quantitative estimate of drug-likeness (QED) is 0.344. The Labute approximate surface area is 211 Å². The van der Waals surface area contributed by atoms with Gasteiger partial charge in [-0.2, -0.15) is 0 Å². The molecule has 32 heavy (non-hydrogen) atoms. The van der Waals surface area contributed by atoms with Crippen LogP contribution in [0, 0.1) is 0 Å². The van der Waals surface area contributed by atoms with Crippen molar-refractivity contribution in [2.24, 2.45) is 4.99 Å². The summed E-state index contributed by atoms with van der Waals surface area (Å²) in [6.07, 6.45) is 3.40. The van der Waals surface area contributed by atoms with E-state index in [9.17, 15) is 4.79 Å². The fourth-order valence-corrected chi connectivity index (χ4v) is 4.60. The number of nitrogens with one attached hydrogen (secondary N) is 1. The summed E-state index contributed by atoms with van der Waals surface area (Å²) in [6, 6.07) is 11.6. The number of rotatable bonds is 4. The fourth-order valence-electron chi connectivity index (χ4n) is 4.41. The molecule has 0 atom stereocenters. The van der Waals surface area contributed by atoms with Crippen LogP contribution >= 0.6 is 35.6 Å². The second-order valence-electron chi connectivity index (χ2n) is 8.06. The van der Waals surface area contributed by atoms with Crippen LogP contribution in [0.1, 0.15) is 29.0 Å². The van der Waals surface area contributed by atoms with Crippen LogP contribution in [0.5, 0.6) is 0 Å². The smallest absolute Gasteiger partial charge is 0.289 e. The van der Waals surface area contributed by atoms with Crippen LogP contribution in [-0.2, 0) is 10.2 Å². The van der Waals surface area contributed by atoms with Gasteiger partial charge in [0.15, 0.2) is 11.7 Å². The van der Waals surface area contributed by atoms with E-state index in [1.807, 2.05) is 17.0 Å². The summed E-state index contributed by atoms with van der Waals surface area (Å²) < 4.78 is 10.9. The van der Waals surface area contributed by atoms with Gasteiger partial charge in [-0.15, -0.1) is 24.0 Å².